The van der Waals surface area contributed by atoms with Gasteiger partial charge in [0, 0.05) is 24.1 Å². The summed E-state index contributed by atoms with van der Waals surface area (Å²) < 4.78 is 76.1. The molecular formula is C20H17F3N2O4S2. The third-order valence-corrected chi connectivity index (χ3v) is 7.36. The number of thiazole rings is 1. The molecule has 3 aromatic rings. The monoisotopic (exact) mass is 470 g/mol. The SMILES string of the molecule is CN(Cc1csc(-c2ccc(C(F)(F)F)cc2)n1)S(=O)(=O)c1ccc2c(c1)OCCO2. The van der Waals surface area contributed by atoms with Crippen molar-refractivity contribution < 1.29 is 31.1 Å². The second-order valence-corrected chi connectivity index (χ2v) is 9.69. The van der Waals surface area contributed by atoms with Gasteiger partial charge in [-0.3, -0.25) is 0 Å². The van der Waals surface area contributed by atoms with E-state index in [1.165, 1.54) is 42.6 Å². The Labute approximate surface area is 180 Å². The number of aromatic nitrogens is 1. The summed E-state index contributed by atoms with van der Waals surface area (Å²) in [6.07, 6.45) is -4.41. The molecule has 0 aliphatic carbocycles. The Morgan fingerprint density at radius 3 is 2.42 bits per heavy atom. The molecule has 2 aromatic carbocycles. The number of fused-ring (bicyclic) bond motifs is 1. The molecule has 1 aliphatic rings. The molecule has 0 N–H and O–H groups in total. The smallest absolute Gasteiger partial charge is 0.416 e. The van der Waals surface area contributed by atoms with Crippen molar-refractivity contribution in [3.8, 4) is 22.1 Å². The first-order chi connectivity index (χ1) is 14.6. The van der Waals surface area contributed by atoms with E-state index in [0.29, 0.717) is 41.0 Å². The van der Waals surface area contributed by atoms with Gasteiger partial charge in [0.15, 0.2) is 11.5 Å². The lowest BCUT2D eigenvalue weighted by Gasteiger charge is -2.20. The van der Waals surface area contributed by atoms with Gasteiger partial charge in [0.2, 0.25) is 10.0 Å². The van der Waals surface area contributed by atoms with Crippen LogP contribution in [0.15, 0.2) is 52.7 Å². The molecule has 1 aliphatic heterocycles. The second-order valence-electron chi connectivity index (χ2n) is 6.79. The zero-order chi connectivity index (χ0) is 22.2. The van der Waals surface area contributed by atoms with Crippen LogP contribution in [0, 0.1) is 0 Å². The Bertz CT molecular complexity index is 1190. The molecule has 11 heteroatoms. The molecule has 4 rings (SSSR count). The highest BCUT2D eigenvalue weighted by atomic mass is 32.2. The van der Waals surface area contributed by atoms with E-state index in [9.17, 15) is 21.6 Å². The van der Waals surface area contributed by atoms with Gasteiger partial charge in [-0.2, -0.15) is 17.5 Å². The van der Waals surface area contributed by atoms with Gasteiger partial charge in [0.25, 0.3) is 0 Å². The molecule has 0 fully saturated rings. The minimum absolute atomic E-state index is 0.00785. The van der Waals surface area contributed by atoms with Gasteiger partial charge in [-0.25, -0.2) is 13.4 Å². The van der Waals surface area contributed by atoms with E-state index >= 15 is 0 Å². The summed E-state index contributed by atoms with van der Waals surface area (Å²) in [5, 5.41) is 2.19. The van der Waals surface area contributed by atoms with Crippen molar-refractivity contribution in [1.82, 2.24) is 9.29 Å². The Kier molecular flexibility index (Phi) is 5.67. The molecule has 0 atom stereocenters. The first-order valence-electron chi connectivity index (χ1n) is 9.12. The fraction of sp³-hybridized carbons (Fsp3) is 0.250. The topological polar surface area (TPSA) is 68.7 Å². The summed E-state index contributed by atoms with van der Waals surface area (Å²) in [6, 6.07) is 9.12. The highest BCUT2D eigenvalue weighted by Crippen LogP contribution is 2.34. The van der Waals surface area contributed by atoms with Crippen molar-refractivity contribution in [3.05, 3.63) is 59.1 Å². The summed E-state index contributed by atoms with van der Waals surface area (Å²) in [4.78, 5) is 4.44. The Morgan fingerprint density at radius 2 is 1.74 bits per heavy atom. The van der Waals surface area contributed by atoms with Crippen LogP contribution in [0.25, 0.3) is 10.6 Å². The van der Waals surface area contributed by atoms with Gasteiger partial charge < -0.3 is 9.47 Å². The molecular weight excluding hydrogens is 453 g/mol. The summed E-state index contributed by atoms with van der Waals surface area (Å²) >= 11 is 1.23. The Balaban J connectivity index is 1.50. The maximum atomic E-state index is 12.9. The third-order valence-electron chi connectivity index (χ3n) is 4.62. The Morgan fingerprint density at radius 1 is 1.06 bits per heavy atom. The zero-order valence-corrected chi connectivity index (χ0v) is 17.9. The van der Waals surface area contributed by atoms with Gasteiger partial charge in [0.05, 0.1) is 22.7 Å². The summed E-state index contributed by atoms with van der Waals surface area (Å²) in [5.41, 5.74) is 0.281. The predicted molar refractivity (Wildman–Crippen MR) is 109 cm³/mol. The van der Waals surface area contributed by atoms with Crippen LogP contribution in [0.3, 0.4) is 0 Å². The highest BCUT2D eigenvalue weighted by molar-refractivity contribution is 7.89. The molecule has 31 heavy (non-hydrogen) atoms. The molecule has 2 heterocycles. The van der Waals surface area contributed by atoms with E-state index in [0.717, 1.165) is 16.4 Å². The van der Waals surface area contributed by atoms with Gasteiger partial charge in [-0.15, -0.1) is 11.3 Å². The molecule has 0 saturated heterocycles. The lowest BCUT2D eigenvalue weighted by Crippen LogP contribution is -2.27. The van der Waals surface area contributed by atoms with E-state index in [4.69, 9.17) is 9.47 Å². The van der Waals surface area contributed by atoms with Crippen molar-refractivity contribution in [1.29, 1.82) is 0 Å². The molecule has 0 spiro atoms. The zero-order valence-electron chi connectivity index (χ0n) is 16.2. The number of rotatable bonds is 5. The van der Waals surface area contributed by atoms with E-state index < -0.39 is 21.8 Å². The highest BCUT2D eigenvalue weighted by Gasteiger charge is 2.30. The largest absolute Gasteiger partial charge is 0.486 e. The van der Waals surface area contributed by atoms with E-state index in [1.807, 2.05) is 0 Å². The van der Waals surface area contributed by atoms with Crippen molar-refractivity contribution in [2.24, 2.45) is 0 Å². The van der Waals surface area contributed by atoms with Gasteiger partial charge >= 0.3 is 6.18 Å². The number of alkyl halides is 3. The summed E-state index contributed by atoms with van der Waals surface area (Å²) in [5.74, 6) is 0.868. The van der Waals surface area contributed by atoms with Gasteiger partial charge in [-0.1, -0.05) is 12.1 Å². The van der Waals surface area contributed by atoms with Crippen LogP contribution in [-0.4, -0.2) is 38.0 Å². The average molecular weight is 470 g/mol. The average Bonchev–Trinajstić information content (AvgIpc) is 3.21. The molecule has 6 nitrogen and oxygen atoms in total. The number of sulfonamides is 1. The van der Waals surface area contributed by atoms with Crippen LogP contribution >= 0.6 is 11.3 Å². The number of hydrogen-bond acceptors (Lipinski definition) is 6. The van der Waals surface area contributed by atoms with Crippen LogP contribution in [0.5, 0.6) is 11.5 Å². The maximum Gasteiger partial charge on any atom is 0.416 e. The van der Waals surface area contributed by atoms with Crippen LogP contribution in [0.4, 0.5) is 13.2 Å². The molecule has 0 unspecified atom stereocenters. The summed E-state index contributed by atoms with van der Waals surface area (Å²) in [7, 11) is -2.38. The molecule has 0 amide bonds. The van der Waals surface area contributed by atoms with Crippen molar-refractivity contribution in [3.63, 3.8) is 0 Å². The normalized spacial score (nSPS) is 14.1. The molecule has 0 radical (unpaired) electrons. The first-order valence-corrected chi connectivity index (χ1v) is 11.4. The summed E-state index contributed by atoms with van der Waals surface area (Å²) in [6.45, 7) is 0.760. The van der Waals surface area contributed by atoms with Crippen LogP contribution < -0.4 is 9.47 Å². The molecule has 164 valence electrons. The lowest BCUT2D eigenvalue weighted by molar-refractivity contribution is -0.137. The first kappa shape index (κ1) is 21.6. The van der Waals surface area contributed by atoms with Gasteiger partial charge in [-0.05, 0) is 24.3 Å². The number of ether oxygens (including phenoxy) is 2. The fourth-order valence-electron chi connectivity index (χ4n) is 2.99. The number of benzene rings is 2. The van der Waals surface area contributed by atoms with Crippen LogP contribution in [0.2, 0.25) is 0 Å². The molecule has 0 bridgehead atoms. The van der Waals surface area contributed by atoms with Crippen molar-refractivity contribution in [2.45, 2.75) is 17.6 Å². The fourth-order valence-corrected chi connectivity index (χ4v) is 4.97. The third kappa shape index (κ3) is 4.53. The second kappa shape index (κ2) is 8.13. The van der Waals surface area contributed by atoms with Crippen LogP contribution in [-0.2, 0) is 22.7 Å². The van der Waals surface area contributed by atoms with Gasteiger partial charge in [0.1, 0.15) is 18.2 Å². The maximum absolute atomic E-state index is 12.9. The molecule has 0 saturated carbocycles. The minimum atomic E-state index is -4.41. The minimum Gasteiger partial charge on any atom is -0.486 e. The standard InChI is InChI=1S/C20H17F3N2O4S2/c1-25(31(26,27)16-6-7-17-18(10-16)29-9-8-28-17)11-15-12-30-19(24-15)13-2-4-14(5-3-13)20(21,22)23/h2-7,10,12H,8-9,11H2,1H3. The van der Waals surface area contributed by atoms with E-state index in [1.54, 1.807) is 11.4 Å². The van der Waals surface area contributed by atoms with Crippen molar-refractivity contribution in [2.75, 3.05) is 20.3 Å². The Hall–Kier alpha value is -2.63. The van der Waals surface area contributed by atoms with Crippen LogP contribution in [0.1, 0.15) is 11.3 Å². The van der Waals surface area contributed by atoms with E-state index in [2.05, 4.69) is 4.98 Å². The number of halogens is 3. The van der Waals surface area contributed by atoms with E-state index in [-0.39, 0.29) is 11.4 Å². The number of nitrogens with zero attached hydrogens (tertiary/aromatic N) is 2. The number of hydrogen-bond donors (Lipinski definition) is 0. The quantitative estimate of drug-likeness (QED) is 0.552. The van der Waals surface area contributed by atoms with Crippen molar-refractivity contribution >= 4 is 21.4 Å². The predicted octanol–water partition coefficient (Wildman–Crippen LogP) is 4.42. The lowest BCUT2D eigenvalue weighted by atomic mass is 10.1. The molecule has 1 aromatic heterocycles.